The number of carbonyl (C=O) groups is 3. The van der Waals surface area contributed by atoms with Crippen LogP contribution in [0.15, 0.2) is 48.7 Å². The van der Waals surface area contributed by atoms with Gasteiger partial charge in [0.1, 0.15) is 0 Å². The summed E-state index contributed by atoms with van der Waals surface area (Å²) in [4.78, 5) is 38.8. The quantitative estimate of drug-likeness (QED) is 0.383. The third-order valence-electron chi connectivity index (χ3n) is 4.68. The second-order valence-corrected chi connectivity index (χ2v) is 6.83. The van der Waals surface area contributed by atoms with E-state index in [1.807, 2.05) is 24.4 Å². The van der Waals surface area contributed by atoms with Crippen molar-refractivity contribution in [1.29, 1.82) is 0 Å². The first-order chi connectivity index (χ1) is 14.0. The maximum absolute atomic E-state index is 12.2. The molecule has 0 aliphatic carbocycles. The summed E-state index contributed by atoms with van der Waals surface area (Å²) in [6.45, 7) is 3.57. The average molecular weight is 392 g/mol. The van der Waals surface area contributed by atoms with Gasteiger partial charge in [-0.3, -0.25) is 14.4 Å². The topological polar surface area (TPSA) is 103 Å². The van der Waals surface area contributed by atoms with E-state index < -0.39 is 11.8 Å². The van der Waals surface area contributed by atoms with E-state index in [9.17, 15) is 14.4 Å². The van der Waals surface area contributed by atoms with Gasteiger partial charge in [0.15, 0.2) is 0 Å². The fourth-order valence-corrected chi connectivity index (χ4v) is 3.17. The van der Waals surface area contributed by atoms with E-state index in [0.29, 0.717) is 23.5 Å². The number of aryl methyl sites for hydroxylation is 1. The number of rotatable bonds is 6. The molecular weight excluding hydrogens is 368 g/mol. The van der Waals surface area contributed by atoms with E-state index in [1.165, 1.54) is 17.9 Å². The Morgan fingerprint density at radius 3 is 2.41 bits per heavy atom. The van der Waals surface area contributed by atoms with Gasteiger partial charge in [0.05, 0.1) is 0 Å². The fourth-order valence-electron chi connectivity index (χ4n) is 3.17. The van der Waals surface area contributed by atoms with Gasteiger partial charge < -0.3 is 20.9 Å². The molecular formula is C22H24N4O3. The molecule has 0 saturated heterocycles. The van der Waals surface area contributed by atoms with Crippen molar-refractivity contribution in [2.24, 2.45) is 0 Å². The molecule has 29 heavy (non-hydrogen) atoms. The zero-order chi connectivity index (χ0) is 20.8. The van der Waals surface area contributed by atoms with Crippen LogP contribution in [-0.2, 0) is 20.8 Å². The molecule has 2 aromatic carbocycles. The highest BCUT2D eigenvalue weighted by Gasteiger charge is 2.15. The Balaban J connectivity index is 1.50. The number of hydrogen-bond acceptors (Lipinski definition) is 3. The van der Waals surface area contributed by atoms with E-state index in [1.54, 1.807) is 25.1 Å². The van der Waals surface area contributed by atoms with Gasteiger partial charge in [-0.05, 0) is 49.1 Å². The number of anilines is 2. The number of aromatic amines is 1. The van der Waals surface area contributed by atoms with Crippen molar-refractivity contribution in [3.63, 3.8) is 0 Å². The minimum atomic E-state index is -0.736. The van der Waals surface area contributed by atoms with Crippen LogP contribution in [-0.4, -0.2) is 29.3 Å². The van der Waals surface area contributed by atoms with Gasteiger partial charge in [-0.25, -0.2) is 0 Å². The zero-order valence-electron chi connectivity index (χ0n) is 16.5. The lowest BCUT2D eigenvalue weighted by molar-refractivity contribution is -0.136. The number of nitrogens with one attached hydrogen (secondary N) is 4. The number of benzene rings is 2. The van der Waals surface area contributed by atoms with Crippen molar-refractivity contribution in [3.8, 4) is 0 Å². The lowest BCUT2D eigenvalue weighted by Crippen LogP contribution is -2.36. The molecule has 0 aliphatic rings. The normalized spacial score (nSPS) is 10.6. The molecule has 0 fully saturated rings. The summed E-state index contributed by atoms with van der Waals surface area (Å²) in [5.41, 5.74) is 4.03. The molecule has 0 bridgehead atoms. The Labute approximate surface area is 168 Å². The Morgan fingerprint density at radius 2 is 1.66 bits per heavy atom. The van der Waals surface area contributed by atoms with Gasteiger partial charge >= 0.3 is 11.8 Å². The molecule has 3 amide bonds. The molecule has 1 aromatic heterocycles. The van der Waals surface area contributed by atoms with Crippen LogP contribution in [0.25, 0.3) is 10.9 Å². The molecule has 0 aliphatic heterocycles. The predicted octanol–water partition coefficient (Wildman–Crippen LogP) is 3.12. The maximum atomic E-state index is 12.2. The minimum Gasteiger partial charge on any atom is -0.361 e. The van der Waals surface area contributed by atoms with E-state index in [-0.39, 0.29) is 5.91 Å². The summed E-state index contributed by atoms with van der Waals surface area (Å²) in [6, 6.07) is 13.2. The highest BCUT2D eigenvalue weighted by molar-refractivity contribution is 6.39. The molecule has 0 unspecified atom stereocenters. The number of para-hydroxylation sites is 1. The SMILES string of the molecule is CC(=O)Nc1cccc(NC(=O)C(=O)NCCCc2c[nH]c3ccccc23)c1C. The van der Waals surface area contributed by atoms with Crippen LogP contribution in [0.2, 0.25) is 0 Å². The van der Waals surface area contributed by atoms with Gasteiger partial charge in [0.2, 0.25) is 5.91 Å². The lowest BCUT2D eigenvalue weighted by atomic mass is 10.1. The van der Waals surface area contributed by atoms with Crippen LogP contribution in [0, 0.1) is 6.92 Å². The van der Waals surface area contributed by atoms with Crippen molar-refractivity contribution in [3.05, 3.63) is 59.8 Å². The van der Waals surface area contributed by atoms with Crippen molar-refractivity contribution in [2.75, 3.05) is 17.2 Å². The van der Waals surface area contributed by atoms with E-state index in [2.05, 4.69) is 27.0 Å². The van der Waals surface area contributed by atoms with Gasteiger partial charge in [-0.1, -0.05) is 24.3 Å². The maximum Gasteiger partial charge on any atom is 0.313 e. The smallest absolute Gasteiger partial charge is 0.313 e. The monoisotopic (exact) mass is 392 g/mol. The number of H-pyrrole nitrogens is 1. The fraction of sp³-hybridized carbons (Fsp3) is 0.227. The first-order valence-corrected chi connectivity index (χ1v) is 9.47. The summed E-state index contributed by atoms with van der Waals surface area (Å²) >= 11 is 0. The van der Waals surface area contributed by atoms with Crippen molar-refractivity contribution in [1.82, 2.24) is 10.3 Å². The van der Waals surface area contributed by atoms with Crippen LogP contribution in [0.1, 0.15) is 24.5 Å². The van der Waals surface area contributed by atoms with E-state index >= 15 is 0 Å². The molecule has 1 heterocycles. The van der Waals surface area contributed by atoms with Gasteiger partial charge in [0, 0.05) is 41.9 Å². The second kappa shape index (κ2) is 9.05. The number of hydrogen-bond donors (Lipinski definition) is 4. The summed E-state index contributed by atoms with van der Waals surface area (Å²) in [5.74, 6) is -1.63. The highest BCUT2D eigenvalue weighted by atomic mass is 16.2. The molecule has 150 valence electrons. The van der Waals surface area contributed by atoms with Gasteiger partial charge in [0.25, 0.3) is 0 Å². The summed E-state index contributed by atoms with van der Waals surface area (Å²) in [6.07, 6.45) is 3.49. The number of fused-ring (bicyclic) bond motifs is 1. The van der Waals surface area contributed by atoms with Crippen LogP contribution in [0.5, 0.6) is 0 Å². The lowest BCUT2D eigenvalue weighted by Gasteiger charge is -2.12. The van der Waals surface area contributed by atoms with Crippen LogP contribution in [0.4, 0.5) is 11.4 Å². The van der Waals surface area contributed by atoms with Crippen molar-refractivity contribution >= 4 is 40.0 Å². The molecule has 4 N–H and O–H groups in total. The second-order valence-electron chi connectivity index (χ2n) is 6.83. The first-order valence-electron chi connectivity index (χ1n) is 9.47. The predicted molar refractivity (Wildman–Crippen MR) is 114 cm³/mol. The van der Waals surface area contributed by atoms with Crippen LogP contribution >= 0.6 is 0 Å². The van der Waals surface area contributed by atoms with E-state index in [4.69, 9.17) is 0 Å². The number of amides is 3. The first kappa shape index (κ1) is 20.1. The van der Waals surface area contributed by atoms with Crippen molar-refractivity contribution < 1.29 is 14.4 Å². The van der Waals surface area contributed by atoms with Crippen LogP contribution < -0.4 is 16.0 Å². The van der Waals surface area contributed by atoms with Gasteiger partial charge in [-0.15, -0.1) is 0 Å². The number of carbonyl (C=O) groups excluding carboxylic acids is 3. The summed E-state index contributed by atoms with van der Waals surface area (Å²) in [5, 5.41) is 9.11. The molecule has 0 atom stereocenters. The molecule has 0 spiro atoms. The Morgan fingerprint density at radius 1 is 0.931 bits per heavy atom. The highest BCUT2D eigenvalue weighted by Crippen LogP contribution is 2.23. The molecule has 0 radical (unpaired) electrons. The third-order valence-corrected chi connectivity index (χ3v) is 4.68. The molecule has 0 saturated carbocycles. The van der Waals surface area contributed by atoms with Gasteiger partial charge in [-0.2, -0.15) is 0 Å². The van der Waals surface area contributed by atoms with Crippen LogP contribution in [0.3, 0.4) is 0 Å². The summed E-state index contributed by atoms with van der Waals surface area (Å²) in [7, 11) is 0. The Kier molecular flexibility index (Phi) is 6.29. The average Bonchev–Trinajstić information content (AvgIpc) is 3.11. The third kappa shape index (κ3) is 5.01. The van der Waals surface area contributed by atoms with E-state index in [0.717, 1.165) is 18.4 Å². The minimum absolute atomic E-state index is 0.204. The number of aromatic nitrogens is 1. The standard InChI is InChI=1S/C22H24N4O3/c1-14-18(25-15(2)27)10-5-11-19(14)26-22(29)21(28)23-12-6-7-16-13-24-20-9-4-3-8-17(16)20/h3-5,8-11,13,24H,6-7,12H2,1-2H3,(H,23,28)(H,25,27)(H,26,29). The zero-order valence-corrected chi connectivity index (χ0v) is 16.5. The largest absolute Gasteiger partial charge is 0.361 e. The molecule has 3 rings (SSSR count). The molecule has 3 aromatic rings. The van der Waals surface area contributed by atoms with Crippen molar-refractivity contribution in [2.45, 2.75) is 26.7 Å². The molecule has 7 nitrogen and oxygen atoms in total. The summed E-state index contributed by atoms with van der Waals surface area (Å²) < 4.78 is 0. The molecule has 7 heteroatoms. The Bertz CT molecular complexity index is 1060. The Hall–Kier alpha value is -3.61.